The van der Waals surface area contributed by atoms with Crippen LogP contribution in [0.3, 0.4) is 0 Å². The molecule has 0 amide bonds. The third kappa shape index (κ3) is 4.04. The maximum Gasteiger partial charge on any atom is 0.0474 e. The predicted octanol–water partition coefficient (Wildman–Crippen LogP) is 1.49. The Hall–Kier alpha value is -0.120. The zero-order chi connectivity index (χ0) is 11.2. The summed E-state index contributed by atoms with van der Waals surface area (Å²) in [6.45, 7) is 5.90. The molecule has 1 aliphatic carbocycles. The van der Waals surface area contributed by atoms with Gasteiger partial charge in [0.1, 0.15) is 0 Å². The number of nitrogens with one attached hydrogen (secondary N) is 1. The first-order valence-corrected chi connectivity index (χ1v) is 6.84. The summed E-state index contributed by atoms with van der Waals surface area (Å²) in [5.41, 5.74) is 0. The van der Waals surface area contributed by atoms with Gasteiger partial charge in [0.15, 0.2) is 0 Å². The van der Waals surface area contributed by atoms with Gasteiger partial charge in [0.25, 0.3) is 0 Å². The highest BCUT2D eigenvalue weighted by atomic mass is 16.5. The Balaban J connectivity index is 1.68. The topological polar surface area (TPSA) is 24.5 Å². The Morgan fingerprint density at radius 2 is 2.19 bits per heavy atom. The Morgan fingerprint density at radius 3 is 2.81 bits per heavy atom. The highest BCUT2D eigenvalue weighted by Crippen LogP contribution is 2.28. The van der Waals surface area contributed by atoms with Crippen LogP contribution in [-0.2, 0) is 4.74 Å². The second-order valence-electron chi connectivity index (χ2n) is 5.28. The van der Waals surface area contributed by atoms with Crippen molar-refractivity contribution in [3.63, 3.8) is 0 Å². The molecule has 3 nitrogen and oxygen atoms in total. The average Bonchev–Trinajstić information content (AvgIpc) is 3.13. The molecule has 0 aromatic carbocycles. The van der Waals surface area contributed by atoms with Crippen LogP contribution in [0.15, 0.2) is 0 Å². The molecule has 94 valence electrons. The highest BCUT2D eigenvalue weighted by molar-refractivity contribution is 4.86. The minimum absolute atomic E-state index is 0.886. The maximum absolute atomic E-state index is 5.14. The van der Waals surface area contributed by atoms with Crippen molar-refractivity contribution in [2.75, 3.05) is 39.9 Å². The lowest BCUT2D eigenvalue weighted by Gasteiger charge is -2.30. The molecule has 1 saturated carbocycles. The molecule has 1 saturated heterocycles. The molecule has 2 aliphatic rings. The molecule has 0 spiro atoms. The summed E-state index contributed by atoms with van der Waals surface area (Å²) in [6, 6.07) is 0.902. The summed E-state index contributed by atoms with van der Waals surface area (Å²) in [5, 5.41) is 3.52. The van der Waals surface area contributed by atoms with Crippen LogP contribution < -0.4 is 5.32 Å². The number of nitrogens with zero attached hydrogens (tertiary/aromatic N) is 1. The number of ether oxygens (including phenoxy) is 1. The van der Waals surface area contributed by atoms with Crippen LogP contribution in [0.4, 0.5) is 0 Å². The number of rotatable bonds is 7. The Labute approximate surface area is 99.5 Å². The van der Waals surface area contributed by atoms with Crippen molar-refractivity contribution >= 4 is 0 Å². The summed E-state index contributed by atoms with van der Waals surface area (Å²) < 4.78 is 5.14. The molecule has 2 rings (SSSR count). The molecular formula is C13H26N2O. The number of hydrogen-bond donors (Lipinski definition) is 1. The summed E-state index contributed by atoms with van der Waals surface area (Å²) in [6.07, 6.45) is 6.81. The van der Waals surface area contributed by atoms with Gasteiger partial charge in [0, 0.05) is 32.8 Å². The summed E-state index contributed by atoms with van der Waals surface area (Å²) in [5.74, 6) is 0.886. The van der Waals surface area contributed by atoms with Crippen LogP contribution in [0, 0.1) is 5.92 Å². The molecule has 0 bridgehead atoms. The molecule has 1 N–H and O–H groups in total. The van der Waals surface area contributed by atoms with Crippen LogP contribution in [0.5, 0.6) is 0 Å². The van der Waals surface area contributed by atoms with Crippen LogP contribution in [0.25, 0.3) is 0 Å². The van der Waals surface area contributed by atoms with E-state index in [2.05, 4.69) is 10.2 Å². The quantitative estimate of drug-likeness (QED) is 0.666. The van der Waals surface area contributed by atoms with Gasteiger partial charge in [0.2, 0.25) is 0 Å². The van der Waals surface area contributed by atoms with Gasteiger partial charge >= 0.3 is 0 Å². The fraction of sp³-hybridized carbons (Fsp3) is 1.00. The van der Waals surface area contributed by atoms with E-state index in [1.54, 1.807) is 7.11 Å². The van der Waals surface area contributed by atoms with E-state index in [4.69, 9.17) is 4.74 Å². The zero-order valence-corrected chi connectivity index (χ0v) is 10.6. The lowest BCUT2D eigenvalue weighted by Crippen LogP contribution is -2.39. The standard InChI is InChI=1S/C13H26N2O/c1-16-9-3-8-15(13-5-6-13)11-12-4-2-7-14-10-12/h12-14H,2-11H2,1H3. The van der Waals surface area contributed by atoms with Crippen molar-refractivity contribution in [2.24, 2.45) is 5.92 Å². The largest absolute Gasteiger partial charge is 0.385 e. The second-order valence-corrected chi connectivity index (χ2v) is 5.28. The molecule has 0 aromatic heterocycles. The molecule has 0 aromatic rings. The number of methoxy groups -OCH3 is 1. The molecule has 0 radical (unpaired) electrons. The van der Waals surface area contributed by atoms with E-state index in [1.807, 2.05) is 0 Å². The van der Waals surface area contributed by atoms with Crippen molar-refractivity contribution in [3.8, 4) is 0 Å². The lowest BCUT2D eigenvalue weighted by molar-refractivity contribution is 0.153. The van der Waals surface area contributed by atoms with Crippen molar-refractivity contribution in [2.45, 2.75) is 38.1 Å². The first kappa shape index (κ1) is 12.3. The van der Waals surface area contributed by atoms with Gasteiger partial charge in [-0.25, -0.2) is 0 Å². The molecular weight excluding hydrogens is 200 g/mol. The van der Waals surface area contributed by atoms with E-state index in [0.717, 1.165) is 18.6 Å². The molecule has 3 heteroatoms. The molecule has 16 heavy (non-hydrogen) atoms. The first-order valence-electron chi connectivity index (χ1n) is 6.84. The number of piperidine rings is 1. The van der Waals surface area contributed by atoms with Crippen molar-refractivity contribution < 1.29 is 4.74 Å². The molecule has 2 fully saturated rings. The zero-order valence-electron chi connectivity index (χ0n) is 10.6. The third-order valence-corrected chi connectivity index (χ3v) is 3.75. The van der Waals surface area contributed by atoms with Crippen molar-refractivity contribution in [1.82, 2.24) is 10.2 Å². The Bertz CT molecular complexity index is 188. The molecule has 1 unspecified atom stereocenters. The smallest absolute Gasteiger partial charge is 0.0474 e. The van der Waals surface area contributed by atoms with E-state index >= 15 is 0 Å². The van der Waals surface area contributed by atoms with Gasteiger partial charge in [0.05, 0.1) is 0 Å². The van der Waals surface area contributed by atoms with Crippen LogP contribution in [-0.4, -0.2) is 50.8 Å². The van der Waals surface area contributed by atoms with Crippen LogP contribution >= 0.6 is 0 Å². The SMILES string of the molecule is COCCCN(CC1CCCNC1)C1CC1. The molecule has 1 heterocycles. The van der Waals surface area contributed by atoms with Crippen molar-refractivity contribution in [1.29, 1.82) is 0 Å². The van der Waals surface area contributed by atoms with Crippen LogP contribution in [0.2, 0.25) is 0 Å². The fourth-order valence-electron chi connectivity index (χ4n) is 2.69. The Kier molecular flexibility index (Phi) is 5.07. The average molecular weight is 226 g/mol. The number of hydrogen-bond acceptors (Lipinski definition) is 3. The predicted molar refractivity (Wildman–Crippen MR) is 66.7 cm³/mol. The van der Waals surface area contributed by atoms with E-state index < -0.39 is 0 Å². The van der Waals surface area contributed by atoms with Gasteiger partial charge in [-0.3, -0.25) is 4.90 Å². The van der Waals surface area contributed by atoms with Crippen molar-refractivity contribution in [3.05, 3.63) is 0 Å². The molecule has 1 aliphatic heterocycles. The summed E-state index contributed by atoms with van der Waals surface area (Å²) in [7, 11) is 1.80. The Morgan fingerprint density at radius 1 is 1.31 bits per heavy atom. The van der Waals surface area contributed by atoms with Gasteiger partial charge < -0.3 is 10.1 Å². The second kappa shape index (κ2) is 6.58. The van der Waals surface area contributed by atoms with Gasteiger partial charge in [-0.05, 0) is 51.1 Å². The minimum atomic E-state index is 0.886. The summed E-state index contributed by atoms with van der Waals surface area (Å²) >= 11 is 0. The first-order chi connectivity index (χ1) is 7.90. The highest BCUT2D eigenvalue weighted by Gasteiger charge is 2.30. The fourth-order valence-corrected chi connectivity index (χ4v) is 2.69. The van der Waals surface area contributed by atoms with Gasteiger partial charge in [-0.15, -0.1) is 0 Å². The normalized spacial score (nSPS) is 26.2. The van der Waals surface area contributed by atoms with E-state index in [-0.39, 0.29) is 0 Å². The third-order valence-electron chi connectivity index (χ3n) is 3.75. The summed E-state index contributed by atoms with van der Waals surface area (Å²) in [4.78, 5) is 2.71. The monoisotopic (exact) mass is 226 g/mol. The lowest BCUT2D eigenvalue weighted by atomic mass is 9.99. The minimum Gasteiger partial charge on any atom is -0.385 e. The van der Waals surface area contributed by atoms with Gasteiger partial charge in [-0.2, -0.15) is 0 Å². The van der Waals surface area contributed by atoms with E-state index in [1.165, 1.54) is 58.3 Å². The maximum atomic E-state index is 5.14. The van der Waals surface area contributed by atoms with Crippen LogP contribution in [0.1, 0.15) is 32.1 Å². The molecule has 1 atom stereocenters. The van der Waals surface area contributed by atoms with Gasteiger partial charge in [-0.1, -0.05) is 0 Å². The van der Waals surface area contributed by atoms with E-state index in [9.17, 15) is 0 Å². The van der Waals surface area contributed by atoms with E-state index in [0.29, 0.717) is 0 Å².